The fourth-order valence-corrected chi connectivity index (χ4v) is 2.25. The van der Waals surface area contributed by atoms with Crippen LogP contribution in [-0.4, -0.2) is 18.2 Å². The molecule has 0 bridgehead atoms. The number of benzene rings is 2. The van der Waals surface area contributed by atoms with E-state index >= 15 is 0 Å². The number of phenolic OH excluding ortho intramolecular Hbond substituents is 1. The molecule has 0 aliphatic heterocycles. The summed E-state index contributed by atoms with van der Waals surface area (Å²) in [6, 6.07) is 13.8. The molecule has 0 fully saturated rings. The highest BCUT2D eigenvalue weighted by Crippen LogP contribution is 2.20. The highest BCUT2D eigenvalue weighted by atomic mass is 16.5. The summed E-state index contributed by atoms with van der Waals surface area (Å²) in [7, 11) is 1.65. The number of nitrogens with one attached hydrogen (secondary N) is 2. The van der Waals surface area contributed by atoms with Crippen molar-refractivity contribution < 1.29 is 14.6 Å². The molecule has 5 heteroatoms. The second-order valence-corrected chi connectivity index (χ2v) is 5.42. The lowest BCUT2D eigenvalue weighted by atomic mass is 10.1. The number of ether oxygens (including phenoxy) is 1. The summed E-state index contributed by atoms with van der Waals surface area (Å²) in [6.45, 7) is 3.81. The molecule has 2 aromatic carbocycles. The minimum atomic E-state index is -0.303. The Hall–Kier alpha value is -2.53. The van der Waals surface area contributed by atoms with Crippen molar-refractivity contribution in [1.82, 2.24) is 5.32 Å². The first kappa shape index (κ1) is 16.8. The van der Waals surface area contributed by atoms with Gasteiger partial charge < -0.3 is 20.5 Å². The van der Waals surface area contributed by atoms with Gasteiger partial charge in [0.05, 0.1) is 12.1 Å². The molecule has 0 radical (unpaired) electrons. The largest absolute Gasteiger partial charge is 0.508 e. The van der Waals surface area contributed by atoms with Crippen LogP contribution in [0.2, 0.25) is 0 Å². The maximum Gasteiger partial charge on any atom is 0.319 e. The first-order chi connectivity index (χ1) is 11.0. The molecule has 0 spiro atoms. The molecule has 0 unspecified atom stereocenters. The van der Waals surface area contributed by atoms with E-state index in [2.05, 4.69) is 10.6 Å². The van der Waals surface area contributed by atoms with Crippen molar-refractivity contribution in [2.24, 2.45) is 0 Å². The number of hydrogen-bond acceptors (Lipinski definition) is 3. The van der Waals surface area contributed by atoms with Crippen molar-refractivity contribution in [3.8, 4) is 5.75 Å². The van der Waals surface area contributed by atoms with Gasteiger partial charge in [0.15, 0.2) is 0 Å². The smallest absolute Gasteiger partial charge is 0.319 e. The Bertz CT molecular complexity index is 673. The Morgan fingerprint density at radius 2 is 1.78 bits per heavy atom. The van der Waals surface area contributed by atoms with E-state index in [0.717, 1.165) is 11.1 Å². The van der Waals surface area contributed by atoms with Crippen LogP contribution in [0.15, 0.2) is 48.5 Å². The van der Waals surface area contributed by atoms with Crippen LogP contribution in [0.1, 0.15) is 37.1 Å². The van der Waals surface area contributed by atoms with E-state index < -0.39 is 0 Å². The molecule has 5 nitrogen and oxygen atoms in total. The quantitative estimate of drug-likeness (QED) is 0.781. The van der Waals surface area contributed by atoms with Gasteiger partial charge in [-0.15, -0.1) is 0 Å². The lowest BCUT2D eigenvalue weighted by molar-refractivity contribution is 0.119. The van der Waals surface area contributed by atoms with E-state index in [4.69, 9.17) is 4.74 Å². The molecule has 3 N–H and O–H groups in total. The molecule has 0 aromatic heterocycles. The highest BCUT2D eigenvalue weighted by molar-refractivity contribution is 5.89. The number of hydrogen-bond donors (Lipinski definition) is 3. The van der Waals surface area contributed by atoms with E-state index in [1.165, 1.54) is 0 Å². The summed E-state index contributed by atoms with van der Waals surface area (Å²) in [5, 5.41) is 15.1. The predicted octanol–water partition coefficient (Wildman–Crippen LogP) is 3.98. The van der Waals surface area contributed by atoms with E-state index in [-0.39, 0.29) is 23.9 Å². The molecule has 2 aromatic rings. The second kappa shape index (κ2) is 7.65. The van der Waals surface area contributed by atoms with Gasteiger partial charge in [-0.1, -0.05) is 24.3 Å². The van der Waals surface area contributed by atoms with Crippen LogP contribution in [0.3, 0.4) is 0 Å². The number of methoxy groups -OCH3 is 1. The number of aromatic hydroxyl groups is 1. The van der Waals surface area contributed by atoms with Gasteiger partial charge >= 0.3 is 6.03 Å². The maximum atomic E-state index is 12.1. The van der Waals surface area contributed by atoms with Gasteiger partial charge in [-0.2, -0.15) is 0 Å². The zero-order valence-electron chi connectivity index (χ0n) is 13.5. The second-order valence-electron chi connectivity index (χ2n) is 5.42. The number of urea groups is 1. The monoisotopic (exact) mass is 314 g/mol. The third-order valence-electron chi connectivity index (χ3n) is 3.69. The number of anilines is 1. The van der Waals surface area contributed by atoms with Crippen LogP contribution in [0.4, 0.5) is 10.5 Å². The number of amides is 2. The van der Waals surface area contributed by atoms with Crippen molar-refractivity contribution in [1.29, 1.82) is 0 Å². The molecule has 0 saturated carbocycles. The van der Waals surface area contributed by atoms with Crippen LogP contribution in [-0.2, 0) is 4.74 Å². The molecule has 0 heterocycles. The normalized spacial score (nSPS) is 13.2. The van der Waals surface area contributed by atoms with E-state index in [9.17, 15) is 9.90 Å². The Morgan fingerprint density at radius 1 is 1.09 bits per heavy atom. The summed E-state index contributed by atoms with van der Waals surface area (Å²) in [6.07, 6.45) is -0.0361. The number of carbonyl (C=O) groups excluding carboxylic acids is 1. The molecule has 122 valence electrons. The molecular formula is C18H22N2O3. The summed E-state index contributed by atoms with van der Waals surface area (Å²) in [5.74, 6) is 0.179. The van der Waals surface area contributed by atoms with Crippen molar-refractivity contribution in [2.45, 2.75) is 26.0 Å². The highest BCUT2D eigenvalue weighted by Gasteiger charge is 2.11. The van der Waals surface area contributed by atoms with Gasteiger partial charge in [-0.25, -0.2) is 4.79 Å². The van der Waals surface area contributed by atoms with Crippen molar-refractivity contribution in [3.05, 3.63) is 59.7 Å². The summed E-state index contributed by atoms with van der Waals surface area (Å²) in [5.41, 5.74) is 2.53. The number of rotatable bonds is 5. The third kappa shape index (κ3) is 4.72. The molecule has 2 atom stereocenters. The zero-order valence-corrected chi connectivity index (χ0v) is 13.5. The average molecular weight is 314 g/mol. The van der Waals surface area contributed by atoms with Crippen molar-refractivity contribution in [3.63, 3.8) is 0 Å². The van der Waals surface area contributed by atoms with Crippen molar-refractivity contribution >= 4 is 11.7 Å². The Kier molecular flexibility index (Phi) is 5.60. The van der Waals surface area contributed by atoms with Crippen LogP contribution in [0.5, 0.6) is 5.75 Å². The zero-order chi connectivity index (χ0) is 16.8. The topological polar surface area (TPSA) is 70.6 Å². The maximum absolute atomic E-state index is 12.1. The van der Waals surface area contributed by atoms with Gasteiger partial charge in [0, 0.05) is 12.8 Å². The summed E-state index contributed by atoms with van der Waals surface area (Å²) >= 11 is 0. The minimum absolute atomic E-state index is 0.0361. The standard InChI is InChI=1S/C18H22N2O3/c1-12(14-6-5-9-17(21)11-14)19-18(22)20-16-8-4-7-15(10-16)13(2)23-3/h4-13,21H,1-3H3,(H2,19,20,22)/t12-,13+/m0/s1. The number of carbonyl (C=O) groups is 1. The van der Waals surface area contributed by atoms with Crippen molar-refractivity contribution in [2.75, 3.05) is 12.4 Å². The van der Waals surface area contributed by atoms with Crippen LogP contribution < -0.4 is 10.6 Å². The molecule has 0 saturated heterocycles. The lowest BCUT2D eigenvalue weighted by Crippen LogP contribution is -2.31. The minimum Gasteiger partial charge on any atom is -0.508 e. The van der Waals surface area contributed by atoms with Gasteiger partial charge in [-0.05, 0) is 49.2 Å². The predicted molar refractivity (Wildman–Crippen MR) is 90.5 cm³/mol. The van der Waals surface area contributed by atoms with Crippen LogP contribution in [0, 0.1) is 0 Å². The summed E-state index contributed by atoms with van der Waals surface area (Å²) in [4.78, 5) is 12.1. The molecule has 0 aliphatic rings. The average Bonchev–Trinajstić information content (AvgIpc) is 2.54. The van der Waals surface area contributed by atoms with E-state index in [1.54, 1.807) is 25.3 Å². The van der Waals surface area contributed by atoms with Gasteiger partial charge in [0.25, 0.3) is 0 Å². The SMILES string of the molecule is CO[C@H](C)c1cccc(NC(=O)N[C@@H](C)c2cccc(O)c2)c1. The Labute approximate surface area is 136 Å². The molecule has 2 amide bonds. The van der Waals surface area contributed by atoms with Gasteiger partial charge in [-0.3, -0.25) is 0 Å². The number of phenols is 1. The fraction of sp³-hybridized carbons (Fsp3) is 0.278. The molecule has 2 rings (SSSR count). The summed E-state index contributed by atoms with van der Waals surface area (Å²) < 4.78 is 5.28. The van der Waals surface area contributed by atoms with Crippen LogP contribution >= 0.6 is 0 Å². The first-order valence-electron chi connectivity index (χ1n) is 7.49. The van der Waals surface area contributed by atoms with E-state index in [0.29, 0.717) is 5.69 Å². The van der Waals surface area contributed by atoms with Gasteiger partial charge in [0.2, 0.25) is 0 Å². The molecular weight excluding hydrogens is 292 g/mol. The first-order valence-corrected chi connectivity index (χ1v) is 7.49. The molecule has 0 aliphatic carbocycles. The van der Waals surface area contributed by atoms with E-state index in [1.807, 2.05) is 44.2 Å². The fourth-order valence-electron chi connectivity index (χ4n) is 2.25. The van der Waals surface area contributed by atoms with Gasteiger partial charge in [0.1, 0.15) is 5.75 Å². The van der Waals surface area contributed by atoms with Crippen LogP contribution in [0.25, 0.3) is 0 Å². The third-order valence-corrected chi connectivity index (χ3v) is 3.69. The Morgan fingerprint density at radius 3 is 2.48 bits per heavy atom. The Balaban J connectivity index is 1.99. The lowest BCUT2D eigenvalue weighted by Gasteiger charge is -2.16. The molecule has 23 heavy (non-hydrogen) atoms.